The SMILES string of the molecule is COc1cc(C=NNC(=O)c2ccc([N+](=O)[O-])o2)ccc1OC(=O)OC(C)(C)C. The molecule has 0 saturated carbocycles. The summed E-state index contributed by atoms with van der Waals surface area (Å²) in [6.07, 6.45) is 0.423. The molecule has 0 aliphatic rings. The minimum atomic E-state index is -0.878. The van der Waals surface area contributed by atoms with E-state index >= 15 is 0 Å². The van der Waals surface area contributed by atoms with Gasteiger partial charge in [0.15, 0.2) is 11.5 Å². The topological polar surface area (TPSA) is 142 Å². The van der Waals surface area contributed by atoms with Crippen LogP contribution in [-0.2, 0) is 4.74 Å². The Morgan fingerprint density at radius 2 is 1.93 bits per heavy atom. The Morgan fingerprint density at radius 3 is 2.52 bits per heavy atom. The number of carbonyl (C=O) groups excluding carboxylic acids is 2. The summed E-state index contributed by atoms with van der Waals surface area (Å²) in [6.45, 7) is 5.13. The third-order valence-corrected chi connectivity index (χ3v) is 3.15. The summed E-state index contributed by atoms with van der Waals surface area (Å²) in [5.41, 5.74) is 1.99. The summed E-state index contributed by atoms with van der Waals surface area (Å²) >= 11 is 0. The van der Waals surface area contributed by atoms with Crippen LogP contribution in [0.5, 0.6) is 11.5 Å². The Kier molecular flexibility index (Phi) is 6.55. The lowest BCUT2D eigenvalue weighted by atomic mass is 10.2. The number of hydrazone groups is 1. The third kappa shape index (κ3) is 6.34. The highest BCUT2D eigenvalue weighted by Gasteiger charge is 2.20. The second-order valence-electron chi connectivity index (χ2n) is 6.57. The van der Waals surface area contributed by atoms with Gasteiger partial charge in [-0.05, 0) is 50.6 Å². The fourth-order valence-corrected chi connectivity index (χ4v) is 1.98. The number of ether oxygens (including phenoxy) is 3. The van der Waals surface area contributed by atoms with Crippen molar-refractivity contribution in [3.05, 3.63) is 51.8 Å². The van der Waals surface area contributed by atoms with Crippen LogP contribution in [0.2, 0.25) is 0 Å². The van der Waals surface area contributed by atoms with Crippen LogP contribution < -0.4 is 14.9 Å². The molecule has 0 atom stereocenters. The van der Waals surface area contributed by atoms with E-state index in [1.54, 1.807) is 26.8 Å². The molecule has 29 heavy (non-hydrogen) atoms. The molecule has 1 heterocycles. The van der Waals surface area contributed by atoms with Gasteiger partial charge in [0.2, 0.25) is 5.76 Å². The highest BCUT2D eigenvalue weighted by Crippen LogP contribution is 2.28. The summed E-state index contributed by atoms with van der Waals surface area (Å²) in [5.74, 6) is -1.18. The second-order valence-corrected chi connectivity index (χ2v) is 6.57. The van der Waals surface area contributed by atoms with Gasteiger partial charge < -0.3 is 18.6 Å². The first kappa shape index (κ1) is 21.4. The van der Waals surface area contributed by atoms with Crippen molar-refractivity contribution in [1.29, 1.82) is 0 Å². The first-order valence-corrected chi connectivity index (χ1v) is 8.25. The van der Waals surface area contributed by atoms with Gasteiger partial charge in [-0.2, -0.15) is 5.10 Å². The van der Waals surface area contributed by atoms with Crippen LogP contribution in [0.3, 0.4) is 0 Å². The molecule has 1 aromatic carbocycles. The number of methoxy groups -OCH3 is 1. The van der Waals surface area contributed by atoms with Gasteiger partial charge >= 0.3 is 17.9 Å². The maximum atomic E-state index is 11.8. The number of nitro groups is 1. The molecule has 154 valence electrons. The molecule has 1 N–H and O–H groups in total. The van der Waals surface area contributed by atoms with Crippen LogP contribution in [0.1, 0.15) is 36.9 Å². The minimum Gasteiger partial charge on any atom is -0.493 e. The third-order valence-electron chi connectivity index (χ3n) is 3.15. The fraction of sp³-hybridized carbons (Fsp3) is 0.278. The normalized spacial score (nSPS) is 11.2. The molecule has 11 heteroatoms. The largest absolute Gasteiger partial charge is 0.514 e. The zero-order chi connectivity index (χ0) is 21.6. The van der Waals surface area contributed by atoms with Gasteiger partial charge in [0.25, 0.3) is 0 Å². The molecule has 2 rings (SSSR count). The predicted molar refractivity (Wildman–Crippen MR) is 100 cm³/mol. The van der Waals surface area contributed by atoms with Crippen LogP contribution in [0.25, 0.3) is 0 Å². The second kappa shape index (κ2) is 8.87. The first-order chi connectivity index (χ1) is 13.6. The molecule has 11 nitrogen and oxygen atoms in total. The first-order valence-electron chi connectivity index (χ1n) is 8.25. The standard InChI is InChI=1S/C18H19N3O8/c1-18(2,3)29-17(23)28-12-6-5-11(9-14(12)26-4)10-19-20-16(22)13-7-8-15(27-13)21(24)25/h5-10H,1-4H3,(H,20,22). The summed E-state index contributed by atoms with van der Waals surface area (Å²) in [6, 6.07) is 6.78. The van der Waals surface area contributed by atoms with E-state index in [0.717, 1.165) is 12.1 Å². The number of rotatable bonds is 6. The molecule has 0 bridgehead atoms. The van der Waals surface area contributed by atoms with Gasteiger partial charge in [-0.25, -0.2) is 10.2 Å². The Morgan fingerprint density at radius 1 is 1.21 bits per heavy atom. The predicted octanol–water partition coefficient (Wildman–Crippen LogP) is 3.27. The molecule has 0 saturated heterocycles. The van der Waals surface area contributed by atoms with Gasteiger partial charge in [0, 0.05) is 0 Å². The molecule has 1 amide bonds. The summed E-state index contributed by atoms with van der Waals surface area (Å²) in [4.78, 5) is 33.4. The number of carbonyl (C=O) groups is 2. The number of hydrogen-bond acceptors (Lipinski definition) is 9. The van der Waals surface area contributed by atoms with E-state index in [4.69, 9.17) is 18.6 Å². The van der Waals surface area contributed by atoms with Gasteiger partial charge in [-0.15, -0.1) is 0 Å². The number of furan rings is 1. The highest BCUT2D eigenvalue weighted by atomic mass is 16.7. The van der Waals surface area contributed by atoms with Crippen LogP contribution in [0.15, 0.2) is 39.9 Å². The van der Waals surface area contributed by atoms with E-state index in [1.807, 2.05) is 0 Å². The lowest BCUT2D eigenvalue weighted by Crippen LogP contribution is -2.26. The van der Waals surface area contributed by atoms with Gasteiger partial charge in [-0.1, -0.05) is 0 Å². The molecule has 0 fully saturated rings. The van der Waals surface area contributed by atoms with Gasteiger partial charge in [0.1, 0.15) is 10.5 Å². The van der Waals surface area contributed by atoms with E-state index < -0.39 is 28.5 Å². The van der Waals surface area contributed by atoms with Crippen LogP contribution in [0, 0.1) is 10.1 Å². The monoisotopic (exact) mass is 405 g/mol. The van der Waals surface area contributed by atoms with E-state index in [9.17, 15) is 19.7 Å². The highest BCUT2D eigenvalue weighted by molar-refractivity contribution is 5.92. The van der Waals surface area contributed by atoms with Crippen molar-refractivity contribution in [3.8, 4) is 11.5 Å². The smallest absolute Gasteiger partial charge is 0.493 e. The molecule has 0 radical (unpaired) electrons. The van der Waals surface area contributed by atoms with Crippen molar-refractivity contribution >= 4 is 24.2 Å². The number of nitrogens with zero attached hydrogens (tertiary/aromatic N) is 2. The molecule has 0 aliphatic carbocycles. The van der Waals surface area contributed by atoms with Crippen LogP contribution >= 0.6 is 0 Å². The Hall–Kier alpha value is -3.89. The summed E-state index contributed by atoms with van der Waals surface area (Å²) < 4.78 is 20.1. The molecule has 0 aliphatic heterocycles. The van der Waals surface area contributed by atoms with E-state index in [-0.39, 0.29) is 17.3 Å². The quantitative estimate of drug-likeness (QED) is 0.254. The Balaban J connectivity index is 2.02. The average Bonchev–Trinajstić information content (AvgIpc) is 3.11. The molecule has 0 spiro atoms. The zero-order valence-electron chi connectivity index (χ0n) is 16.1. The summed E-state index contributed by atoms with van der Waals surface area (Å²) in [7, 11) is 1.39. The molecular weight excluding hydrogens is 386 g/mol. The maximum Gasteiger partial charge on any atom is 0.514 e. The van der Waals surface area contributed by atoms with Crippen molar-refractivity contribution in [2.45, 2.75) is 26.4 Å². The number of amides is 1. The number of hydrogen-bond donors (Lipinski definition) is 1. The van der Waals surface area contributed by atoms with Crippen molar-refractivity contribution in [2.24, 2.45) is 5.10 Å². The fourth-order valence-electron chi connectivity index (χ4n) is 1.98. The van der Waals surface area contributed by atoms with Crippen molar-refractivity contribution in [1.82, 2.24) is 5.43 Å². The van der Waals surface area contributed by atoms with Gasteiger partial charge in [0.05, 0.1) is 19.4 Å². The molecular formula is C18H19N3O8. The van der Waals surface area contributed by atoms with Gasteiger partial charge in [-0.3, -0.25) is 14.9 Å². The Bertz CT molecular complexity index is 943. The number of nitrogens with one attached hydrogen (secondary N) is 1. The van der Waals surface area contributed by atoms with Crippen molar-refractivity contribution < 1.29 is 33.1 Å². The van der Waals surface area contributed by atoms with E-state index in [1.165, 1.54) is 25.5 Å². The van der Waals surface area contributed by atoms with E-state index in [0.29, 0.717) is 5.56 Å². The van der Waals surface area contributed by atoms with Crippen molar-refractivity contribution in [3.63, 3.8) is 0 Å². The lowest BCUT2D eigenvalue weighted by Gasteiger charge is -2.19. The minimum absolute atomic E-state index is 0.144. The Labute approximate surface area is 165 Å². The summed E-state index contributed by atoms with van der Waals surface area (Å²) in [5, 5.41) is 14.3. The average molecular weight is 405 g/mol. The van der Waals surface area contributed by atoms with Crippen LogP contribution in [-0.4, -0.2) is 35.9 Å². The van der Waals surface area contributed by atoms with Crippen LogP contribution in [0.4, 0.5) is 10.7 Å². The molecule has 2 aromatic rings. The molecule has 0 unspecified atom stereocenters. The molecule has 1 aromatic heterocycles. The number of benzene rings is 1. The lowest BCUT2D eigenvalue weighted by molar-refractivity contribution is -0.402. The zero-order valence-corrected chi connectivity index (χ0v) is 16.1. The van der Waals surface area contributed by atoms with Crippen molar-refractivity contribution in [2.75, 3.05) is 7.11 Å². The van der Waals surface area contributed by atoms with E-state index in [2.05, 4.69) is 10.5 Å². The maximum absolute atomic E-state index is 11.8.